The van der Waals surface area contributed by atoms with Gasteiger partial charge < -0.3 is 5.32 Å². The number of rotatable bonds is 3. The molecule has 0 saturated heterocycles. The lowest BCUT2D eigenvalue weighted by Gasteiger charge is -2.60. The third-order valence-corrected chi connectivity index (χ3v) is 5.01. The molecule has 1 amide bonds. The summed E-state index contributed by atoms with van der Waals surface area (Å²) < 4.78 is 0. The number of aromatic amines is 1. The van der Waals surface area contributed by atoms with E-state index in [-0.39, 0.29) is 18.4 Å². The molecule has 3 fully saturated rings. The van der Waals surface area contributed by atoms with E-state index in [4.69, 9.17) is 0 Å². The molecule has 0 radical (unpaired) electrons. The van der Waals surface area contributed by atoms with Crippen molar-refractivity contribution < 1.29 is 4.79 Å². The number of nitrogens with zero attached hydrogens (tertiary/aromatic N) is 2. The van der Waals surface area contributed by atoms with Crippen LogP contribution >= 0.6 is 0 Å². The lowest BCUT2D eigenvalue weighted by Crippen LogP contribution is -2.57. The number of fused-ring (bicyclic) bond motifs is 2. The van der Waals surface area contributed by atoms with Crippen LogP contribution in [0.15, 0.2) is 18.5 Å². The van der Waals surface area contributed by atoms with Crippen molar-refractivity contribution in [3.05, 3.63) is 24.3 Å². The van der Waals surface area contributed by atoms with Crippen molar-refractivity contribution in [3.63, 3.8) is 0 Å². The first-order valence-electron chi connectivity index (χ1n) is 6.80. The maximum atomic E-state index is 12.0. The standard InChI is InChI=1S/C14H20N4O/c1-8-10-4-9(14(10,2)3)5-11(8)17-13(19)6-12-15-7-16-18-12/h7,9-11H,1,4-6H2,2-3H3,(H,17,19)(H,15,16,18)/t9-,10+,11?/m1/s1. The van der Waals surface area contributed by atoms with Gasteiger partial charge in [-0.2, -0.15) is 5.10 Å². The van der Waals surface area contributed by atoms with Gasteiger partial charge in [-0.25, -0.2) is 4.98 Å². The number of carbonyl (C=O) groups is 1. The Morgan fingerprint density at radius 1 is 1.58 bits per heavy atom. The van der Waals surface area contributed by atoms with Gasteiger partial charge in [0.05, 0.1) is 12.5 Å². The van der Waals surface area contributed by atoms with E-state index in [9.17, 15) is 4.79 Å². The highest BCUT2D eigenvalue weighted by Gasteiger charge is 2.54. The van der Waals surface area contributed by atoms with Crippen molar-refractivity contribution in [1.82, 2.24) is 20.5 Å². The number of aromatic nitrogens is 3. The van der Waals surface area contributed by atoms with Crippen LogP contribution in [0.5, 0.6) is 0 Å². The number of carbonyl (C=O) groups excluding carboxylic acids is 1. The fourth-order valence-corrected chi connectivity index (χ4v) is 3.59. The molecule has 0 aliphatic heterocycles. The van der Waals surface area contributed by atoms with Gasteiger partial charge in [0.1, 0.15) is 12.2 Å². The van der Waals surface area contributed by atoms with Crippen LogP contribution in [0.4, 0.5) is 0 Å². The summed E-state index contributed by atoms with van der Waals surface area (Å²) >= 11 is 0. The molecule has 19 heavy (non-hydrogen) atoms. The molecule has 3 saturated carbocycles. The van der Waals surface area contributed by atoms with Gasteiger partial charge in [-0.15, -0.1) is 0 Å². The Balaban J connectivity index is 1.60. The third kappa shape index (κ3) is 1.97. The first-order valence-corrected chi connectivity index (χ1v) is 6.80. The Morgan fingerprint density at radius 3 is 2.95 bits per heavy atom. The highest BCUT2D eigenvalue weighted by molar-refractivity contribution is 5.78. The van der Waals surface area contributed by atoms with Crippen molar-refractivity contribution in [2.45, 2.75) is 39.2 Å². The zero-order valence-corrected chi connectivity index (χ0v) is 11.4. The Bertz CT molecular complexity index is 506. The van der Waals surface area contributed by atoms with E-state index in [1.165, 1.54) is 18.3 Å². The fourth-order valence-electron chi connectivity index (χ4n) is 3.59. The van der Waals surface area contributed by atoms with Crippen LogP contribution in [0, 0.1) is 17.3 Å². The third-order valence-electron chi connectivity index (χ3n) is 5.01. The highest BCUT2D eigenvalue weighted by Crippen LogP contribution is 2.60. The average Bonchev–Trinajstić information content (AvgIpc) is 2.83. The van der Waals surface area contributed by atoms with Gasteiger partial charge in [0.15, 0.2) is 0 Å². The lowest BCUT2D eigenvalue weighted by atomic mass is 9.46. The molecule has 2 N–H and O–H groups in total. The van der Waals surface area contributed by atoms with Gasteiger partial charge in [0.2, 0.25) is 5.91 Å². The SMILES string of the molecule is C=C1C(NC(=O)Cc2ncn[nH]2)C[C@H]2C[C@@H]1C2(C)C. The molecule has 1 unspecified atom stereocenters. The summed E-state index contributed by atoms with van der Waals surface area (Å²) in [6, 6.07) is 0.132. The summed E-state index contributed by atoms with van der Waals surface area (Å²) in [5, 5.41) is 9.52. The van der Waals surface area contributed by atoms with Crippen molar-refractivity contribution in [1.29, 1.82) is 0 Å². The van der Waals surface area contributed by atoms with Crippen LogP contribution in [0.3, 0.4) is 0 Å². The molecule has 102 valence electrons. The fraction of sp³-hybridized carbons (Fsp3) is 0.643. The maximum absolute atomic E-state index is 12.0. The zero-order chi connectivity index (χ0) is 13.6. The number of H-pyrrole nitrogens is 1. The Hall–Kier alpha value is -1.65. The molecule has 1 aromatic heterocycles. The average molecular weight is 260 g/mol. The molecule has 1 heterocycles. The Labute approximate surface area is 112 Å². The van der Waals surface area contributed by atoms with E-state index >= 15 is 0 Å². The predicted molar refractivity (Wildman–Crippen MR) is 71.2 cm³/mol. The summed E-state index contributed by atoms with van der Waals surface area (Å²) in [6.07, 6.45) is 3.92. The van der Waals surface area contributed by atoms with Crippen LogP contribution < -0.4 is 5.32 Å². The first-order chi connectivity index (χ1) is 8.98. The number of hydrogen-bond donors (Lipinski definition) is 2. The summed E-state index contributed by atoms with van der Waals surface area (Å²) in [5.41, 5.74) is 1.56. The molecular formula is C14H20N4O. The smallest absolute Gasteiger partial charge is 0.228 e. The van der Waals surface area contributed by atoms with Gasteiger partial charge in [-0.3, -0.25) is 9.89 Å². The largest absolute Gasteiger partial charge is 0.349 e. The minimum atomic E-state index is -0.0120. The normalized spacial score (nSPS) is 31.7. The molecule has 3 aliphatic carbocycles. The zero-order valence-electron chi connectivity index (χ0n) is 11.4. The van der Waals surface area contributed by atoms with Crippen molar-refractivity contribution in [3.8, 4) is 0 Å². The van der Waals surface area contributed by atoms with E-state index in [1.54, 1.807) is 0 Å². The quantitative estimate of drug-likeness (QED) is 0.808. The number of nitrogens with one attached hydrogen (secondary N) is 2. The van der Waals surface area contributed by atoms with E-state index in [2.05, 4.69) is 40.9 Å². The summed E-state index contributed by atoms with van der Waals surface area (Å²) in [7, 11) is 0. The van der Waals surface area contributed by atoms with Gasteiger partial charge >= 0.3 is 0 Å². The van der Waals surface area contributed by atoms with Crippen molar-refractivity contribution >= 4 is 5.91 Å². The summed E-state index contributed by atoms with van der Waals surface area (Å²) in [6.45, 7) is 8.83. The number of hydrogen-bond acceptors (Lipinski definition) is 3. The van der Waals surface area contributed by atoms with Crippen LogP contribution in [0.1, 0.15) is 32.5 Å². The Morgan fingerprint density at radius 2 is 2.37 bits per heavy atom. The Kier molecular flexibility index (Phi) is 2.73. The minimum Gasteiger partial charge on any atom is -0.349 e. The molecule has 2 bridgehead atoms. The van der Waals surface area contributed by atoms with Crippen LogP contribution in [-0.4, -0.2) is 27.1 Å². The predicted octanol–water partition coefficient (Wildman–Crippen LogP) is 1.45. The van der Waals surface area contributed by atoms with Crippen molar-refractivity contribution in [2.24, 2.45) is 17.3 Å². The second-order valence-electron chi connectivity index (χ2n) is 6.35. The molecule has 1 aromatic rings. The molecule has 0 spiro atoms. The second kappa shape index (κ2) is 4.18. The topological polar surface area (TPSA) is 70.7 Å². The first kappa shape index (κ1) is 12.4. The lowest BCUT2D eigenvalue weighted by molar-refractivity contribution is -0.122. The van der Waals surface area contributed by atoms with E-state index in [0.717, 1.165) is 6.42 Å². The van der Waals surface area contributed by atoms with E-state index in [0.29, 0.717) is 23.1 Å². The summed E-state index contributed by atoms with van der Waals surface area (Å²) in [5.74, 6) is 1.85. The van der Waals surface area contributed by atoms with Crippen LogP contribution in [-0.2, 0) is 11.2 Å². The van der Waals surface area contributed by atoms with E-state index in [1.807, 2.05) is 0 Å². The van der Waals surface area contributed by atoms with Gasteiger partial charge in [-0.1, -0.05) is 26.0 Å². The summed E-state index contributed by atoms with van der Waals surface area (Å²) in [4.78, 5) is 15.9. The molecule has 0 aromatic carbocycles. The number of amides is 1. The molecular weight excluding hydrogens is 240 g/mol. The maximum Gasteiger partial charge on any atom is 0.228 e. The minimum absolute atomic E-state index is 0.0120. The van der Waals surface area contributed by atoms with Crippen LogP contribution in [0.2, 0.25) is 0 Å². The van der Waals surface area contributed by atoms with Crippen molar-refractivity contribution in [2.75, 3.05) is 0 Å². The molecule has 5 heteroatoms. The highest BCUT2D eigenvalue weighted by atomic mass is 16.1. The van der Waals surface area contributed by atoms with E-state index < -0.39 is 0 Å². The molecule has 3 atom stereocenters. The molecule has 4 rings (SSSR count). The second-order valence-corrected chi connectivity index (χ2v) is 6.35. The van der Waals surface area contributed by atoms with Gasteiger partial charge in [-0.05, 0) is 30.1 Å². The van der Waals surface area contributed by atoms with Crippen LogP contribution in [0.25, 0.3) is 0 Å². The monoisotopic (exact) mass is 260 g/mol. The van der Waals surface area contributed by atoms with Gasteiger partial charge in [0.25, 0.3) is 0 Å². The van der Waals surface area contributed by atoms with Gasteiger partial charge in [0, 0.05) is 0 Å². The molecule has 3 aliphatic rings. The molecule has 5 nitrogen and oxygen atoms in total.